The second-order valence-electron chi connectivity index (χ2n) is 6.66. The molecule has 0 aliphatic heterocycles. The molecule has 1 fully saturated rings. The van der Waals surface area contributed by atoms with E-state index in [0.717, 1.165) is 37.5 Å². The van der Waals surface area contributed by atoms with Gasteiger partial charge in [-0.25, -0.2) is 0 Å². The number of nitrogens with zero attached hydrogens (tertiary/aromatic N) is 1. The first kappa shape index (κ1) is 16.5. The molecule has 0 radical (unpaired) electrons. The van der Waals surface area contributed by atoms with E-state index < -0.39 is 0 Å². The lowest BCUT2D eigenvalue weighted by atomic mass is 9.78. The second kappa shape index (κ2) is 8.55. The largest absolute Gasteiger partial charge is 0.314 e. The van der Waals surface area contributed by atoms with E-state index in [0.29, 0.717) is 0 Å². The Balaban J connectivity index is 1.94. The van der Waals surface area contributed by atoms with Crippen molar-refractivity contribution < 1.29 is 0 Å². The van der Waals surface area contributed by atoms with E-state index >= 15 is 0 Å². The monoisotopic (exact) mass is 288 g/mol. The van der Waals surface area contributed by atoms with Crippen LogP contribution in [0.4, 0.5) is 0 Å². The number of hydrogen-bond acceptors (Lipinski definition) is 2. The average Bonchev–Trinajstić information content (AvgIpc) is 2.50. The quantitative estimate of drug-likeness (QED) is 0.818. The molecule has 0 spiro atoms. The lowest BCUT2D eigenvalue weighted by Gasteiger charge is -2.38. The first-order valence-corrected chi connectivity index (χ1v) is 8.72. The fourth-order valence-electron chi connectivity index (χ4n) is 3.71. The highest BCUT2D eigenvalue weighted by atomic mass is 15.1. The SMILES string of the molecule is CCNC1CCC(C)CC1CN(CC)Cc1ccccc1. The van der Waals surface area contributed by atoms with E-state index in [1.54, 1.807) is 0 Å². The third kappa shape index (κ3) is 5.12. The molecule has 2 heteroatoms. The lowest BCUT2D eigenvalue weighted by molar-refractivity contribution is 0.145. The molecule has 1 aliphatic rings. The Hall–Kier alpha value is -0.860. The topological polar surface area (TPSA) is 15.3 Å². The van der Waals surface area contributed by atoms with Crippen LogP contribution in [0.15, 0.2) is 30.3 Å². The Morgan fingerprint density at radius 2 is 1.90 bits per heavy atom. The molecule has 2 rings (SSSR count). The van der Waals surface area contributed by atoms with E-state index in [9.17, 15) is 0 Å². The lowest BCUT2D eigenvalue weighted by Crippen LogP contribution is -2.45. The molecule has 1 aliphatic carbocycles. The van der Waals surface area contributed by atoms with E-state index in [1.165, 1.54) is 31.4 Å². The van der Waals surface area contributed by atoms with Crippen molar-refractivity contribution in [2.45, 2.75) is 52.6 Å². The molecule has 0 bridgehead atoms. The van der Waals surface area contributed by atoms with Crippen LogP contribution in [0, 0.1) is 11.8 Å². The molecule has 1 aromatic rings. The van der Waals surface area contributed by atoms with Gasteiger partial charge in [0.1, 0.15) is 0 Å². The van der Waals surface area contributed by atoms with E-state index in [2.05, 4.69) is 61.3 Å². The standard InChI is InChI=1S/C19H32N2/c1-4-20-19-12-11-16(3)13-18(19)15-21(5-2)14-17-9-7-6-8-10-17/h6-10,16,18-20H,4-5,11-15H2,1-3H3. The highest BCUT2D eigenvalue weighted by molar-refractivity contribution is 5.14. The number of benzene rings is 1. The first-order chi connectivity index (χ1) is 10.2. The van der Waals surface area contributed by atoms with Crippen molar-refractivity contribution >= 4 is 0 Å². The zero-order valence-corrected chi connectivity index (χ0v) is 14.0. The van der Waals surface area contributed by atoms with Gasteiger partial charge in [0, 0.05) is 19.1 Å². The molecule has 0 aromatic heterocycles. The van der Waals surface area contributed by atoms with Crippen molar-refractivity contribution in [3.05, 3.63) is 35.9 Å². The third-order valence-corrected chi connectivity index (χ3v) is 4.90. The molecule has 1 saturated carbocycles. The van der Waals surface area contributed by atoms with Gasteiger partial charge < -0.3 is 5.32 Å². The third-order valence-electron chi connectivity index (χ3n) is 4.90. The van der Waals surface area contributed by atoms with Gasteiger partial charge in [0.2, 0.25) is 0 Å². The zero-order chi connectivity index (χ0) is 15.1. The summed E-state index contributed by atoms with van der Waals surface area (Å²) in [4.78, 5) is 2.61. The van der Waals surface area contributed by atoms with Crippen LogP contribution >= 0.6 is 0 Å². The van der Waals surface area contributed by atoms with Crippen LogP contribution in [0.1, 0.15) is 45.6 Å². The summed E-state index contributed by atoms with van der Waals surface area (Å²) in [5.41, 5.74) is 1.43. The number of hydrogen-bond donors (Lipinski definition) is 1. The second-order valence-corrected chi connectivity index (χ2v) is 6.66. The van der Waals surface area contributed by atoms with Gasteiger partial charge in [-0.1, -0.05) is 51.1 Å². The molecule has 0 saturated heterocycles. The maximum absolute atomic E-state index is 3.72. The van der Waals surface area contributed by atoms with Crippen LogP contribution in [-0.4, -0.2) is 30.6 Å². The summed E-state index contributed by atoms with van der Waals surface area (Å²) in [7, 11) is 0. The highest BCUT2D eigenvalue weighted by Gasteiger charge is 2.29. The molecule has 2 nitrogen and oxygen atoms in total. The van der Waals surface area contributed by atoms with E-state index in [1.807, 2.05) is 0 Å². The normalized spacial score (nSPS) is 26.2. The fraction of sp³-hybridized carbons (Fsp3) is 0.684. The van der Waals surface area contributed by atoms with Gasteiger partial charge in [-0.3, -0.25) is 4.90 Å². The van der Waals surface area contributed by atoms with Gasteiger partial charge in [-0.05, 0) is 49.8 Å². The van der Waals surface area contributed by atoms with Crippen LogP contribution in [0.25, 0.3) is 0 Å². The van der Waals surface area contributed by atoms with Gasteiger partial charge in [0.25, 0.3) is 0 Å². The molecular weight excluding hydrogens is 256 g/mol. The van der Waals surface area contributed by atoms with Gasteiger partial charge in [0.05, 0.1) is 0 Å². The van der Waals surface area contributed by atoms with Crippen molar-refractivity contribution in [2.24, 2.45) is 11.8 Å². The van der Waals surface area contributed by atoms with Gasteiger partial charge >= 0.3 is 0 Å². The van der Waals surface area contributed by atoms with Gasteiger partial charge in [-0.15, -0.1) is 0 Å². The van der Waals surface area contributed by atoms with Crippen LogP contribution in [-0.2, 0) is 6.54 Å². The van der Waals surface area contributed by atoms with Crippen molar-refractivity contribution in [1.82, 2.24) is 10.2 Å². The van der Waals surface area contributed by atoms with Crippen molar-refractivity contribution in [3.8, 4) is 0 Å². The maximum Gasteiger partial charge on any atom is 0.0233 e. The molecule has 0 heterocycles. The van der Waals surface area contributed by atoms with Crippen molar-refractivity contribution in [2.75, 3.05) is 19.6 Å². The summed E-state index contributed by atoms with van der Waals surface area (Å²) in [6, 6.07) is 11.6. The maximum atomic E-state index is 3.72. The summed E-state index contributed by atoms with van der Waals surface area (Å²) >= 11 is 0. The average molecular weight is 288 g/mol. The molecule has 0 amide bonds. The minimum atomic E-state index is 0.719. The van der Waals surface area contributed by atoms with Crippen LogP contribution in [0.2, 0.25) is 0 Å². The van der Waals surface area contributed by atoms with E-state index in [4.69, 9.17) is 0 Å². The molecule has 3 unspecified atom stereocenters. The van der Waals surface area contributed by atoms with Crippen LogP contribution in [0.5, 0.6) is 0 Å². The molecule has 1 aromatic carbocycles. The first-order valence-electron chi connectivity index (χ1n) is 8.72. The Bertz CT molecular complexity index is 390. The molecule has 1 N–H and O–H groups in total. The summed E-state index contributed by atoms with van der Waals surface area (Å²) in [6.45, 7) is 11.5. The Morgan fingerprint density at radius 1 is 1.14 bits per heavy atom. The van der Waals surface area contributed by atoms with Crippen LogP contribution in [0.3, 0.4) is 0 Å². The van der Waals surface area contributed by atoms with Gasteiger partial charge in [0.15, 0.2) is 0 Å². The van der Waals surface area contributed by atoms with Crippen molar-refractivity contribution in [3.63, 3.8) is 0 Å². The molecular formula is C19H32N2. The Kier molecular flexibility index (Phi) is 6.72. The molecule has 3 atom stereocenters. The minimum absolute atomic E-state index is 0.719. The summed E-state index contributed by atoms with van der Waals surface area (Å²) in [6.07, 6.45) is 4.12. The Labute approximate surface area is 130 Å². The van der Waals surface area contributed by atoms with Gasteiger partial charge in [-0.2, -0.15) is 0 Å². The molecule has 118 valence electrons. The Morgan fingerprint density at radius 3 is 2.57 bits per heavy atom. The predicted octanol–water partition coefficient (Wildman–Crippen LogP) is 3.92. The van der Waals surface area contributed by atoms with E-state index in [-0.39, 0.29) is 0 Å². The molecule has 21 heavy (non-hydrogen) atoms. The smallest absolute Gasteiger partial charge is 0.0233 e. The summed E-state index contributed by atoms with van der Waals surface area (Å²) < 4.78 is 0. The van der Waals surface area contributed by atoms with Crippen molar-refractivity contribution in [1.29, 1.82) is 0 Å². The number of nitrogens with one attached hydrogen (secondary N) is 1. The fourth-order valence-corrected chi connectivity index (χ4v) is 3.71. The highest BCUT2D eigenvalue weighted by Crippen LogP contribution is 2.30. The zero-order valence-electron chi connectivity index (χ0n) is 14.0. The predicted molar refractivity (Wildman–Crippen MR) is 91.4 cm³/mol. The summed E-state index contributed by atoms with van der Waals surface area (Å²) in [5, 5.41) is 3.72. The van der Waals surface area contributed by atoms with Crippen LogP contribution < -0.4 is 5.32 Å². The summed E-state index contributed by atoms with van der Waals surface area (Å²) in [5.74, 6) is 1.69. The minimum Gasteiger partial charge on any atom is -0.314 e. The number of rotatable bonds is 7.